The van der Waals surface area contributed by atoms with Gasteiger partial charge in [-0.05, 0) is 6.42 Å². The third-order valence-corrected chi connectivity index (χ3v) is 1.60. The maximum absolute atomic E-state index is 12.0. The number of hydrogen-bond acceptors (Lipinski definition) is 2. The summed E-state index contributed by atoms with van der Waals surface area (Å²) in [4.78, 5) is 13.4. The highest BCUT2D eigenvalue weighted by Gasteiger charge is 2.38. The summed E-state index contributed by atoms with van der Waals surface area (Å²) in [6, 6.07) is 0. The van der Waals surface area contributed by atoms with Crippen LogP contribution in [0.25, 0.3) is 0 Å². The molecule has 0 aromatic carbocycles. The van der Waals surface area contributed by atoms with E-state index in [9.17, 15) is 18.0 Å². The van der Waals surface area contributed by atoms with E-state index < -0.39 is 18.1 Å². The Kier molecular flexibility index (Phi) is 2.40. The van der Waals surface area contributed by atoms with Crippen LogP contribution in [0, 0.1) is 5.92 Å². The fourth-order valence-corrected chi connectivity index (χ4v) is 0.883. The average Bonchev–Trinajstić information content (AvgIpc) is 2.03. The number of alkyl halides is 3. The second kappa shape index (κ2) is 3.20. The van der Waals surface area contributed by atoms with Crippen LogP contribution in [0.5, 0.6) is 0 Å². The maximum atomic E-state index is 12.0. The van der Waals surface area contributed by atoms with Crippen molar-refractivity contribution < 1.29 is 23.1 Å². The molecule has 1 heterocycles. The fourth-order valence-electron chi connectivity index (χ4n) is 0.883. The van der Waals surface area contributed by atoms with Gasteiger partial charge in [-0.2, -0.15) is 13.2 Å². The Morgan fingerprint density at radius 1 is 1.62 bits per heavy atom. The lowest BCUT2D eigenvalue weighted by Gasteiger charge is -2.16. The predicted molar refractivity (Wildman–Crippen MR) is 38.4 cm³/mol. The molecule has 1 atom stereocenters. The Labute approximate surface area is 71.6 Å². The maximum Gasteiger partial charge on any atom is 0.396 e. The molecule has 0 fully saturated rings. The molecule has 1 rings (SSSR count). The van der Waals surface area contributed by atoms with Gasteiger partial charge in [-0.1, -0.05) is 6.08 Å². The second-order valence-corrected chi connectivity index (χ2v) is 2.56. The van der Waals surface area contributed by atoms with E-state index in [-0.39, 0.29) is 12.1 Å². The Morgan fingerprint density at radius 2 is 2.23 bits per heavy atom. The molecule has 0 bridgehead atoms. The number of carboxylic acids is 1. The summed E-state index contributed by atoms with van der Waals surface area (Å²) >= 11 is 0. The van der Waals surface area contributed by atoms with E-state index in [1.165, 1.54) is 0 Å². The predicted octanol–water partition coefficient (Wildman–Crippen LogP) is 1.61. The van der Waals surface area contributed by atoms with Gasteiger partial charge in [-0.15, -0.1) is 0 Å². The summed E-state index contributed by atoms with van der Waals surface area (Å²) in [5.74, 6) is -2.97. The molecule has 0 radical (unpaired) electrons. The third kappa shape index (κ3) is 2.30. The normalized spacial score (nSPS) is 22.7. The summed E-state index contributed by atoms with van der Waals surface area (Å²) in [6.07, 6.45) is -3.09. The molecule has 1 aliphatic heterocycles. The van der Waals surface area contributed by atoms with Gasteiger partial charge >= 0.3 is 12.1 Å². The molecular weight excluding hydrogens is 187 g/mol. The molecule has 0 aliphatic carbocycles. The zero-order valence-electron chi connectivity index (χ0n) is 6.38. The Morgan fingerprint density at radius 3 is 2.54 bits per heavy atom. The number of halogens is 3. The van der Waals surface area contributed by atoms with Crippen LogP contribution >= 0.6 is 0 Å². The molecule has 0 aromatic heterocycles. The van der Waals surface area contributed by atoms with Crippen LogP contribution in [0.15, 0.2) is 16.8 Å². The third-order valence-electron chi connectivity index (χ3n) is 1.60. The quantitative estimate of drug-likeness (QED) is 0.687. The van der Waals surface area contributed by atoms with Crippen LogP contribution in [0.3, 0.4) is 0 Å². The van der Waals surface area contributed by atoms with Crippen molar-refractivity contribution in [1.82, 2.24) is 0 Å². The molecule has 72 valence electrons. The first kappa shape index (κ1) is 9.76. The lowest BCUT2D eigenvalue weighted by molar-refractivity contribution is -0.153. The highest BCUT2D eigenvalue weighted by atomic mass is 19.4. The Bertz CT molecular complexity index is 280. The van der Waals surface area contributed by atoms with E-state index in [1.807, 2.05) is 0 Å². The van der Waals surface area contributed by atoms with Crippen molar-refractivity contribution in [2.45, 2.75) is 12.6 Å². The van der Waals surface area contributed by atoms with Crippen LogP contribution in [-0.4, -0.2) is 23.5 Å². The molecule has 0 aromatic rings. The molecule has 0 saturated heterocycles. The van der Waals surface area contributed by atoms with E-state index in [2.05, 4.69) is 4.99 Å². The number of aliphatic imine (C=N–C) groups is 1. The first-order valence-electron chi connectivity index (χ1n) is 3.45. The van der Waals surface area contributed by atoms with E-state index in [4.69, 9.17) is 5.11 Å². The summed E-state index contributed by atoms with van der Waals surface area (Å²) in [5.41, 5.74) is -0.333. The van der Waals surface area contributed by atoms with Crippen molar-refractivity contribution in [3.05, 3.63) is 11.8 Å². The largest absolute Gasteiger partial charge is 0.477 e. The number of carboxylic acid groups (broad SMARTS) is 1. The van der Waals surface area contributed by atoms with Crippen molar-refractivity contribution in [1.29, 1.82) is 0 Å². The monoisotopic (exact) mass is 193 g/mol. The van der Waals surface area contributed by atoms with Crippen molar-refractivity contribution in [2.75, 3.05) is 0 Å². The van der Waals surface area contributed by atoms with E-state index in [0.717, 1.165) is 6.08 Å². The van der Waals surface area contributed by atoms with Gasteiger partial charge in [0.25, 0.3) is 0 Å². The van der Waals surface area contributed by atoms with Gasteiger partial charge in [-0.25, -0.2) is 4.79 Å². The van der Waals surface area contributed by atoms with Gasteiger partial charge in [0.05, 0.1) is 5.92 Å². The smallest absolute Gasteiger partial charge is 0.396 e. The molecule has 3 nitrogen and oxygen atoms in total. The fraction of sp³-hybridized carbons (Fsp3) is 0.429. The van der Waals surface area contributed by atoms with Crippen LogP contribution in [-0.2, 0) is 4.79 Å². The lowest BCUT2D eigenvalue weighted by Crippen LogP contribution is -2.25. The van der Waals surface area contributed by atoms with Gasteiger partial charge in [0, 0.05) is 6.21 Å². The van der Waals surface area contributed by atoms with Gasteiger partial charge in [0.2, 0.25) is 0 Å². The van der Waals surface area contributed by atoms with Gasteiger partial charge < -0.3 is 5.11 Å². The molecule has 0 saturated carbocycles. The number of nitrogens with zero attached hydrogens (tertiary/aromatic N) is 1. The molecule has 6 heteroatoms. The summed E-state index contributed by atoms with van der Waals surface area (Å²) in [6.45, 7) is 0. The highest BCUT2D eigenvalue weighted by molar-refractivity contribution is 5.89. The second-order valence-electron chi connectivity index (χ2n) is 2.56. The summed E-state index contributed by atoms with van der Waals surface area (Å²) in [5, 5.41) is 8.36. The van der Waals surface area contributed by atoms with Gasteiger partial charge in [0.15, 0.2) is 0 Å². The highest BCUT2D eigenvalue weighted by Crippen LogP contribution is 2.30. The number of hydrogen-bond donors (Lipinski definition) is 1. The van der Waals surface area contributed by atoms with E-state index in [1.54, 1.807) is 0 Å². The van der Waals surface area contributed by atoms with Crippen LogP contribution < -0.4 is 0 Å². The van der Waals surface area contributed by atoms with Crippen molar-refractivity contribution in [3.8, 4) is 0 Å². The molecule has 1 unspecified atom stereocenters. The van der Waals surface area contributed by atoms with Crippen LogP contribution in [0.4, 0.5) is 13.2 Å². The van der Waals surface area contributed by atoms with Crippen LogP contribution in [0.1, 0.15) is 6.42 Å². The molecule has 0 amide bonds. The topological polar surface area (TPSA) is 49.7 Å². The van der Waals surface area contributed by atoms with E-state index in [0.29, 0.717) is 6.21 Å². The molecule has 1 N–H and O–H groups in total. The first-order chi connectivity index (χ1) is 5.91. The minimum atomic E-state index is -4.34. The SMILES string of the molecule is O=C(O)C1=CCC(C(F)(F)F)C=N1. The number of aliphatic carboxylic acids is 1. The average molecular weight is 193 g/mol. The zero-order chi connectivity index (χ0) is 10.1. The van der Waals surface area contributed by atoms with E-state index >= 15 is 0 Å². The number of carbonyl (C=O) groups is 1. The van der Waals surface area contributed by atoms with Crippen molar-refractivity contribution in [3.63, 3.8) is 0 Å². The lowest BCUT2D eigenvalue weighted by atomic mass is 10.0. The molecule has 0 spiro atoms. The number of allylic oxidation sites excluding steroid dienone is 1. The van der Waals surface area contributed by atoms with Crippen molar-refractivity contribution >= 4 is 12.2 Å². The summed E-state index contributed by atoms with van der Waals surface area (Å²) in [7, 11) is 0. The van der Waals surface area contributed by atoms with Gasteiger partial charge in [-0.3, -0.25) is 4.99 Å². The van der Waals surface area contributed by atoms with Gasteiger partial charge in [0.1, 0.15) is 5.70 Å². The molecule has 1 aliphatic rings. The zero-order valence-corrected chi connectivity index (χ0v) is 6.38. The summed E-state index contributed by atoms with van der Waals surface area (Å²) < 4.78 is 36.0. The minimum absolute atomic E-state index is 0.333. The standard InChI is InChI=1S/C7H6F3NO2/c8-7(9,10)4-1-2-5(6(12)13)11-3-4/h2-4H,1H2,(H,12,13). The first-order valence-corrected chi connectivity index (χ1v) is 3.45. The minimum Gasteiger partial charge on any atom is -0.477 e. The Hall–Kier alpha value is -1.33. The number of rotatable bonds is 1. The Balaban J connectivity index is 2.69. The molecule has 13 heavy (non-hydrogen) atoms. The molecular formula is C7H6F3NO2. The van der Waals surface area contributed by atoms with Crippen molar-refractivity contribution in [2.24, 2.45) is 10.9 Å². The van der Waals surface area contributed by atoms with Crippen LogP contribution in [0.2, 0.25) is 0 Å².